The Morgan fingerprint density at radius 2 is 0.467 bits per heavy atom. The molecular formula is C30H60. The summed E-state index contributed by atoms with van der Waals surface area (Å²) in [5, 5.41) is 0. The summed E-state index contributed by atoms with van der Waals surface area (Å²) in [6.07, 6.45) is 42.4. The van der Waals surface area contributed by atoms with Gasteiger partial charge in [0.25, 0.3) is 0 Å². The first-order valence-electron chi connectivity index (χ1n) is 14.6. The summed E-state index contributed by atoms with van der Waals surface area (Å²) >= 11 is 0. The van der Waals surface area contributed by atoms with Crippen LogP contribution >= 0.6 is 0 Å². The largest absolute Gasteiger partial charge is 0.0885 e. The molecule has 0 aliphatic carbocycles. The van der Waals surface area contributed by atoms with Crippen LogP contribution in [0.2, 0.25) is 0 Å². The van der Waals surface area contributed by atoms with Crippen molar-refractivity contribution in [3.8, 4) is 0 Å². The fourth-order valence-electron chi connectivity index (χ4n) is 4.44. The molecule has 0 heteroatoms. The van der Waals surface area contributed by atoms with Crippen molar-refractivity contribution in [2.45, 2.75) is 181 Å². The molecule has 0 spiro atoms. The molecule has 0 amide bonds. The highest BCUT2D eigenvalue weighted by atomic mass is 14.0. The Kier molecular flexibility index (Phi) is 28.5. The molecule has 0 bridgehead atoms. The standard InChI is InChI=1S/C30H60/c1-3-5-7-9-11-13-15-17-19-21-23-25-27-29-30-28-26-24-22-20-18-16-14-12-10-8-6-4-2/h23,25H,3-22,24,26-30H2,1-2H3/b25-23+. The van der Waals surface area contributed by atoms with Gasteiger partial charge in [-0.1, -0.05) is 167 Å². The molecule has 0 atom stereocenters. The predicted octanol–water partition coefficient (Wildman–Crippen LogP) is 11.7. The molecular weight excluding hydrogens is 360 g/mol. The van der Waals surface area contributed by atoms with Crippen LogP contribution in [0, 0.1) is 0 Å². The van der Waals surface area contributed by atoms with E-state index in [2.05, 4.69) is 26.0 Å². The highest BCUT2D eigenvalue weighted by Crippen LogP contribution is 2.14. The Morgan fingerprint density at radius 3 is 0.700 bits per heavy atom. The van der Waals surface area contributed by atoms with Gasteiger partial charge in [0.05, 0.1) is 0 Å². The lowest BCUT2D eigenvalue weighted by molar-refractivity contribution is 0.533. The minimum Gasteiger partial charge on any atom is -0.0885 e. The van der Waals surface area contributed by atoms with Crippen molar-refractivity contribution in [1.82, 2.24) is 0 Å². The van der Waals surface area contributed by atoms with E-state index in [1.54, 1.807) is 0 Å². The van der Waals surface area contributed by atoms with E-state index in [4.69, 9.17) is 0 Å². The van der Waals surface area contributed by atoms with Crippen molar-refractivity contribution in [3.05, 3.63) is 12.2 Å². The Morgan fingerprint density at radius 1 is 0.267 bits per heavy atom. The topological polar surface area (TPSA) is 0 Å². The van der Waals surface area contributed by atoms with Crippen LogP contribution in [-0.2, 0) is 0 Å². The van der Waals surface area contributed by atoms with Crippen LogP contribution in [0.25, 0.3) is 0 Å². The van der Waals surface area contributed by atoms with Crippen molar-refractivity contribution in [1.29, 1.82) is 0 Å². The van der Waals surface area contributed by atoms with Crippen molar-refractivity contribution in [2.75, 3.05) is 0 Å². The minimum atomic E-state index is 1.31. The lowest BCUT2D eigenvalue weighted by Gasteiger charge is -2.03. The molecule has 0 heterocycles. The molecule has 0 aromatic heterocycles. The molecule has 0 nitrogen and oxygen atoms in total. The maximum Gasteiger partial charge on any atom is -0.0351 e. The van der Waals surface area contributed by atoms with Crippen LogP contribution in [0.3, 0.4) is 0 Å². The zero-order valence-electron chi connectivity index (χ0n) is 21.5. The number of hydrogen-bond acceptors (Lipinski definition) is 0. The zero-order chi connectivity index (χ0) is 21.8. The van der Waals surface area contributed by atoms with E-state index in [1.165, 1.54) is 167 Å². The smallest absolute Gasteiger partial charge is 0.0351 e. The third kappa shape index (κ3) is 27.7. The molecule has 0 saturated heterocycles. The van der Waals surface area contributed by atoms with Gasteiger partial charge in [-0.2, -0.15) is 0 Å². The minimum absolute atomic E-state index is 1.31. The Bertz CT molecular complexity index is 303. The van der Waals surface area contributed by atoms with Gasteiger partial charge in [-0.25, -0.2) is 0 Å². The molecule has 0 fully saturated rings. The van der Waals surface area contributed by atoms with Crippen molar-refractivity contribution >= 4 is 0 Å². The van der Waals surface area contributed by atoms with Crippen molar-refractivity contribution < 1.29 is 0 Å². The molecule has 0 saturated carbocycles. The van der Waals surface area contributed by atoms with Gasteiger partial charge in [-0.3, -0.25) is 0 Å². The summed E-state index contributed by atoms with van der Waals surface area (Å²) < 4.78 is 0. The van der Waals surface area contributed by atoms with Gasteiger partial charge in [0.2, 0.25) is 0 Å². The maximum atomic E-state index is 2.45. The fourth-order valence-corrected chi connectivity index (χ4v) is 4.44. The van der Waals surface area contributed by atoms with E-state index >= 15 is 0 Å². The van der Waals surface area contributed by atoms with Gasteiger partial charge >= 0.3 is 0 Å². The van der Waals surface area contributed by atoms with Crippen LogP contribution in [0.1, 0.15) is 181 Å². The lowest BCUT2D eigenvalue weighted by Crippen LogP contribution is -1.83. The van der Waals surface area contributed by atoms with Gasteiger partial charge in [0.15, 0.2) is 0 Å². The average molecular weight is 421 g/mol. The first-order valence-corrected chi connectivity index (χ1v) is 14.6. The van der Waals surface area contributed by atoms with Gasteiger partial charge in [0.1, 0.15) is 0 Å². The summed E-state index contributed by atoms with van der Waals surface area (Å²) in [6, 6.07) is 0. The van der Waals surface area contributed by atoms with Gasteiger partial charge in [-0.05, 0) is 25.7 Å². The van der Waals surface area contributed by atoms with Gasteiger partial charge in [-0.15, -0.1) is 0 Å². The quantitative estimate of drug-likeness (QED) is 0.0963. The molecule has 0 aromatic carbocycles. The first kappa shape index (κ1) is 29.7. The molecule has 0 aliphatic rings. The summed E-state index contributed by atoms with van der Waals surface area (Å²) in [6.45, 7) is 4.60. The van der Waals surface area contributed by atoms with Crippen LogP contribution in [0.5, 0.6) is 0 Å². The second-order valence-corrected chi connectivity index (χ2v) is 9.83. The molecule has 30 heavy (non-hydrogen) atoms. The van der Waals surface area contributed by atoms with Gasteiger partial charge < -0.3 is 0 Å². The monoisotopic (exact) mass is 420 g/mol. The van der Waals surface area contributed by atoms with E-state index in [-0.39, 0.29) is 0 Å². The van der Waals surface area contributed by atoms with E-state index in [1.807, 2.05) is 0 Å². The normalized spacial score (nSPS) is 11.7. The molecule has 0 unspecified atom stereocenters. The molecule has 0 radical (unpaired) electrons. The second-order valence-electron chi connectivity index (χ2n) is 9.83. The molecule has 0 N–H and O–H groups in total. The highest BCUT2D eigenvalue weighted by molar-refractivity contribution is 4.81. The summed E-state index contributed by atoms with van der Waals surface area (Å²) in [5.74, 6) is 0. The van der Waals surface area contributed by atoms with Crippen LogP contribution in [0.4, 0.5) is 0 Å². The van der Waals surface area contributed by atoms with Crippen LogP contribution in [-0.4, -0.2) is 0 Å². The molecule has 180 valence electrons. The molecule has 0 aromatic rings. The maximum absolute atomic E-state index is 2.45. The highest BCUT2D eigenvalue weighted by Gasteiger charge is 1.94. The third-order valence-electron chi connectivity index (χ3n) is 6.62. The number of rotatable bonds is 26. The first-order chi connectivity index (χ1) is 14.9. The predicted molar refractivity (Wildman–Crippen MR) is 141 cm³/mol. The summed E-state index contributed by atoms with van der Waals surface area (Å²) in [4.78, 5) is 0. The lowest BCUT2D eigenvalue weighted by atomic mass is 10.0. The fraction of sp³-hybridized carbons (Fsp3) is 0.933. The van der Waals surface area contributed by atoms with Crippen molar-refractivity contribution in [3.63, 3.8) is 0 Å². The number of hydrogen-bond donors (Lipinski definition) is 0. The summed E-state index contributed by atoms with van der Waals surface area (Å²) in [7, 11) is 0. The van der Waals surface area contributed by atoms with Crippen molar-refractivity contribution in [2.24, 2.45) is 0 Å². The molecule has 0 rings (SSSR count). The average Bonchev–Trinajstić information content (AvgIpc) is 2.76. The van der Waals surface area contributed by atoms with E-state index in [9.17, 15) is 0 Å². The van der Waals surface area contributed by atoms with Crippen LogP contribution < -0.4 is 0 Å². The number of unbranched alkanes of at least 4 members (excludes halogenated alkanes) is 24. The Balaban J connectivity index is 3.05. The Labute approximate surface area is 193 Å². The third-order valence-corrected chi connectivity index (χ3v) is 6.62. The van der Waals surface area contributed by atoms with E-state index in [0.717, 1.165) is 0 Å². The second kappa shape index (κ2) is 28.7. The van der Waals surface area contributed by atoms with Gasteiger partial charge in [0, 0.05) is 0 Å². The SMILES string of the molecule is CCCCCCCCCCC/C=C/CCCCCCCCCCCCCCCCC. The summed E-state index contributed by atoms with van der Waals surface area (Å²) in [5.41, 5.74) is 0. The Hall–Kier alpha value is -0.260. The molecule has 0 aliphatic heterocycles. The van der Waals surface area contributed by atoms with E-state index < -0.39 is 0 Å². The van der Waals surface area contributed by atoms with Crippen LogP contribution in [0.15, 0.2) is 12.2 Å². The van der Waals surface area contributed by atoms with E-state index in [0.29, 0.717) is 0 Å². The number of allylic oxidation sites excluding steroid dienone is 2. The zero-order valence-corrected chi connectivity index (χ0v) is 21.5.